The summed E-state index contributed by atoms with van der Waals surface area (Å²) < 4.78 is 34.2. The van der Waals surface area contributed by atoms with Gasteiger partial charge in [-0.2, -0.15) is 4.72 Å². The zero-order valence-corrected chi connectivity index (χ0v) is 18.2. The van der Waals surface area contributed by atoms with E-state index >= 15 is 0 Å². The summed E-state index contributed by atoms with van der Waals surface area (Å²) in [5, 5.41) is 4.78. The maximum Gasteiger partial charge on any atom is 0.251 e. The van der Waals surface area contributed by atoms with Crippen molar-refractivity contribution in [3.8, 4) is 5.75 Å². The van der Waals surface area contributed by atoms with Gasteiger partial charge in [-0.25, -0.2) is 13.4 Å². The molecule has 2 aromatic carbocycles. The number of carbonyl (C=O) groups excluding carboxylic acids is 1. The summed E-state index contributed by atoms with van der Waals surface area (Å²) in [6.45, 7) is 0. The molecule has 10 heteroatoms. The van der Waals surface area contributed by atoms with Crippen LogP contribution in [0.4, 0.5) is 5.13 Å². The fourth-order valence-corrected chi connectivity index (χ4v) is 5.90. The number of thiazole rings is 1. The van der Waals surface area contributed by atoms with Gasteiger partial charge in [0, 0.05) is 0 Å². The van der Waals surface area contributed by atoms with E-state index in [1.807, 2.05) is 6.07 Å². The number of nitrogens with one attached hydrogen (secondary N) is 2. The van der Waals surface area contributed by atoms with Crippen molar-refractivity contribution >= 4 is 54.0 Å². The molecule has 0 saturated heterocycles. The molecule has 0 bridgehead atoms. The molecule has 7 nitrogen and oxygen atoms in total. The monoisotopic (exact) mass is 459 g/mol. The van der Waals surface area contributed by atoms with E-state index in [1.54, 1.807) is 61.0 Å². The van der Waals surface area contributed by atoms with Crippen LogP contribution < -0.4 is 14.8 Å². The van der Waals surface area contributed by atoms with E-state index in [2.05, 4.69) is 15.0 Å². The summed E-state index contributed by atoms with van der Waals surface area (Å²) in [4.78, 5) is 17.5. The number of nitrogens with zero attached hydrogens (tertiary/aromatic N) is 1. The van der Waals surface area contributed by atoms with Crippen LogP contribution in [-0.4, -0.2) is 26.4 Å². The number of amides is 1. The van der Waals surface area contributed by atoms with Gasteiger partial charge in [0.1, 0.15) is 16.0 Å². The molecule has 2 heterocycles. The molecule has 1 amide bonds. The maximum atomic E-state index is 13.1. The summed E-state index contributed by atoms with van der Waals surface area (Å²) in [5.74, 6) is 0.169. The standard InChI is InChI=1S/C20H17N3O4S3/c1-27-14-9-10-15-16(12-14)29-20(21-15)22-19(24)18(13-6-3-2-4-7-13)23-30(25,26)17-8-5-11-28-17/h2-12,18,23H,1H3,(H,21,22,24). The van der Waals surface area contributed by atoms with Crippen LogP contribution >= 0.6 is 22.7 Å². The molecule has 30 heavy (non-hydrogen) atoms. The van der Waals surface area contributed by atoms with E-state index in [9.17, 15) is 13.2 Å². The molecule has 2 aromatic heterocycles. The lowest BCUT2D eigenvalue weighted by Crippen LogP contribution is -2.36. The van der Waals surface area contributed by atoms with Crippen LogP contribution in [0.15, 0.2) is 70.3 Å². The summed E-state index contributed by atoms with van der Waals surface area (Å²) >= 11 is 2.37. The van der Waals surface area contributed by atoms with Crippen LogP contribution in [0.5, 0.6) is 5.75 Å². The smallest absolute Gasteiger partial charge is 0.251 e. The maximum absolute atomic E-state index is 13.1. The molecule has 0 aliphatic heterocycles. The van der Waals surface area contributed by atoms with Gasteiger partial charge >= 0.3 is 0 Å². The van der Waals surface area contributed by atoms with Gasteiger partial charge in [0.25, 0.3) is 10.0 Å². The van der Waals surface area contributed by atoms with Gasteiger partial charge in [0.2, 0.25) is 5.91 Å². The molecule has 4 rings (SSSR count). The highest BCUT2D eigenvalue weighted by atomic mass is 32.2. The molecule has 0 saturated carbocycles. The molecule has 154 valence electrons. The quantitative estimate of drug-likeness (QED) is 0.435. The molecular weight excluding hydrogens is 442 g/mol. The van der Waals surface area contributed by atoms with Crippen molar-refractivity contribution in [1.82, 2.24) is 9.71 Å². The minimum Gasteiger partial charge on any atom is -0.497 e. The van der Waals surface area contributed by atoms with Gasteiger partial charge in [-0.1, -0.05) is 47.7 Å². The largest absolute Gasteiger partial charge is 0.497 e. The normalized spacial score (nSPS) is 12.6. The van der Waals surface area contributed by atoms with Gasteiger partial charge in [-0.05, 0) is 35.2 Å². The second kappa shape index (κ2) is 8.52. The van der Waals surface area contributed by atoms with E-state index in [0.29, 0.717) is 22.0 Å². The molecule has 0 fully saturated rings. The molecule has 1 atom stereocenters. The molecule has 0 spiro atoms. The lowest BCUT2D eigenvalue weighted by molar-refractivity contribution is -0.117. The van der Waals surface area contributed by atoms with E-state index in [-0.39, 0.29) is 4.21 Å². The molecule has 0 aliphatic carbocycles. The Morgan fingerprint density at radius 1 is 1.10 bits per heavy atom. The molecule has 4 aromatic rings. The van der Waals surface area contributed by atoms with Crippen molar-refractivity contribution in [2.24, 2.45) is 0 Å². The highest BCUT2D eigenvalue weighted by molar-refractivity contribution is 7.91. The van der Waals surface area contributed by atoms with Gasteiger partial charge in [0.05, 0.1) is 17.3 Å². The average Bonchev–Trinajstić information content (AvgIpc) is 3.42. The second-order valence-corrected chi connectivity index (χ2v) is 10.2. The number of carbonyl (C=O) groups is 1. The first kappa shape index (κ1) is 20.5. The van der Waals surface area contributed by atoms with E-state index < -0.39 is 22.0 Å². The summed E-state index contributed by atoms with van der Waals surface area (Å²) in [6.07, 6.45) is 0. The predicted octanol–water partition coefficient (Wildman–Crippen LogP) is 4.02. The van der Waals surface area contributed by atoms with Crippen molar-refractivity contribution in [2.75, 3.05) is 12.4 Å². The Balaban J connectivity index is 1.63. The third kappa shape index (κ3) is 4.36. The number of ether oxygens (including phenoxy) is 1. The van der Waals surface area contributed by atoms with Gasteiger partial charge in [-0.15, -0.1) is 11.3 Å². The first-order chi connectivity index (χ1) is 14.5. The molecule has 2 N–H and O–H groups in total. The third-order valence-electron chi connectivity index (χ3n) is 4.25. The van der Waals surface area contributed by atoms with E-state index in [4.69, 9.17) is 4.74 Å². The van der Waals surface area contributed by atoms with Crippen LogP contribution in [0.2, 0.25) is 0 Å². The Kier molecular flexibility index (Phi) is 5.82. The highest BCUT2D eigenvalue weighted by Gasteiger charge is 2.28. The minimum absolute atomic E-state index is 0.142. The number of fused-ring (bicyclic) bond motifs is 1. The summed E-state index contributed by atoms with van der Waals surface area (Å²) in [7, 11) is -2.28. The Morgan fingerprint density at radius 2 is 1.90 bits per heavy atom. The van der Waals surface area contributed by atoms with Crippen molar-refractivity contribution < 1.29 is 17.9 Å². The molecule has 1 unspecified atom stereocenters. The van der Waals surface area contributed by atoms with Gasteiger partial charge in [-0.3, -0.25) is 4.79 Å². The fraction of sp³-hybridized carbons (Fsp3) is 0.100. The van der Waals surface area contributed by atoms with Crippen LogP contribution in [0.25, 0.3) is 10.2 Å². The van der Waals surface area contributed by atoms with Crippen LogP contribution in [0.1, 0.15) is 11.6 Å². The predicted molar refractivity (Wildman–Crippen MR) is 119 cm³/mol. The van der Waals surface area contributed by atoms with Crippen LogP contribution in [-0.2, 0) is 14.8 Å². The van der Waals surface area contributed by atoms with Crippen LogP contribution in [0.3, 0.4) is 0 Å². The fourth-order valence-electron chi connectivity index (χ4n) is 2.81. The number of benzene rings is 2. The number of hydrogen-bond donors (Lipinski definition) is 2. The van der Waals surface area contributed by atoms with Crippen molar-refractivity contribution in [3.63, 3.8) is 0 Å². The summed E-state index contributed by atoms with van der Waals surface area (Å²) in [6, 6.07) is 16.1. The summed E-state index contributed by atoms with van der Waals surface area (Å²) in [5.41, 5.74) is 1.24. The Morgan fingerprint density at radius 3 is 2.60 bits per heavy atom. The topological polar surface area (TPSA) is 97.4 Å². The Bertz CT molecular complexity index is 1270. The number of thiophene rings is 1. The molecule has 0 aliphatic rings. The molecule has 0 radical (unpaired) electrons. The highest BCUT2D eigenvalue weighted by Crippen LogP contribution is 2.30. The lowest BCUT2D eigenvalue weighted by Gasteiger charge is -2.17. The van der Waals surface area contributed by atoms with Crippen LogP contribution in [0, 0.1) is 0 Å². The van der Waals surface area contributed by atoms with Gasteiger partial charge < -0.3 is 10.1 Å². The van der Waals surface area contributed by atoms with E-state index in [1.165, 1.54) is 17.4 Å². The lowest BCUT2D eigenvalue weighted by atomic mass is 10.1. The second-order valence-electron chi connectivity index (χ2n) is 6.24. The third-order valence-corrected chi connectivity index (χ3v) is 8.01. The minimum atomic E-state index is -3.86. The van der Waals surface area contributed by atoms with Crippen molar-refractivity contribution in [2.45, 2.75) is 10.3 Å². The number of sulfonamides is 1. The number of anilines is 1. The first-order valence-corrected chi connectivity index (χ1v) is 12.0. The number of hydrogen-bond acceptors (Lipinski definition) is 7. The molecular formula is C20H17N3O4S3. The Labute approximate surface area is 181 Å². The Hall–Kier alpha value is -2.79. The number of rotatable bonds is 7. The number of methoxy groups -OCH3 is 1. The number of aromatic nitrogens is 1. The van der Waals surface area contributed by atoms with E-state index in [0.717, 1.165) is 16.0 Å². The first-order valence-electron chi connectivity index (χ1n) is 8.82. The zero-order valence-electron chi connectivity index (χ0n) is 15.7. The average molecular weight is 460 g/mol. The zero-order chi connectivity index (χ0) is 21.1. The van der Waals surface area contributed by atoms with Crippen molar-refractivity contribution in [3.05, 3.63) is 71.6 Å². The SMILES string of the molecule is COc1ccc2nc(NC(=O)C(NS(=O)(=O)c3cccs3)c3ccccc3)sc2c1. The van der Waals surface area contributed by atoms with Gasteiger partial charge in [0.15, 0.2) is 5.13 Å². The van der Waals surface area contributed by atoms with Crippen molar-refractivity contribution in [1.29, 1.82) is 0 Å².